The van der Waals surface area contributed by atoms with Gasteiger partial charge < -0.3 is 9.84 Å². The summed E-state index contributed by atoms with van der Waals surface area (Å²) >= 11 is 0. The van der Waals surface area contributed by atoms with Gasteiger partial charge in [0.25, 0.3) is 0 Å². The van der Waals surface area contributed by atoms with E-state index in [9.17, 15) is 4.79 Å². The van der Waals surface area contributed by atoms with Crippen molar-refractivity contribution in [3.8, 4) is 5.75 Å². The molecule has 0 aliphatic carbocycles. The molecule has 1 unspecified atom stereocenters. The van der Waals surface area contributed by atoms with Crippen LogP contribution in [0.2, 0.25) is 0 Å². The topological polar surface area (TPSA) is 46.5 Å². The minimum absolute atomic E-state index is 0.476. The van der Waals surface area contributed by atoms with E-state index in [-0.39, 0.29) is 0 Å². The largest absolute Gasteiger partial charge is 0.497 e. The summed E-state index contributed by atoms with van der Waals surface area (Å²) in [5.74, 6) is -0.506. The van der Waals surface area contributed by atoms with E-state index in [4.69, 9.17) is 9.84 Å². The van der Waals surface area contributed by atoms with Crippen molar-refractivity contribution < 1.29 is 14.6 Å². The molecule has 1 atom stereocenters. The Bertz CT molecular complexity index is 359. The van der Waals surface area contributed by atoms with Crippen molar-refractivity contribution in [3.63, 3.8) is 0 Å². The van der Waals surface area contributed by atoms with E-state index in [1.165, 1.54) is 0 Å². The summed E-state index contributed by atoms with van der Waals surface area (Å²) in [7, 11) is 1.61. The van der Waals surface area contributed by atoms with Crippen LogP contribution in [0, 0.1) is 13.8 Å². The number of ether oxygens (including phenoxy) is 1. The molecule has 0 aliphatic rings. The molecule has 0 bridgehead atoms. The monoisotopic (exact) mass is 208 g/mol. The molecule has 3 nitrogen and oxygen atoms in total. The number of benzene rings is 1. The lowest BCUT2D eigenvalue weighted by Crippen LogP contribution is -2.10. The van der Waals surface area contributed by atoms with E-state index in [1.54, 1.807) is 14.0 Å². The summed E-state index contributed by atoms with van der Waals surface area (Å²) in [6.07, 6.45) is 0. The van der Waals surface area contributed by atoms with Crippen molar-refractivity contribution in [2.24, 2.45) is 0 Å². The zero-order chi connectivity index (χ0) is 11.6. The maximum atomic E-state index is 10.9. The molecule has 3 heteroatoms. The first-order chi connectivity index (χ1) is 6.97. The van der Waals surface area contributed by atoms with Crippen LogP contribution in [0.1, 0.15) is 29.5 Å². The molecular formula is C12H16O3. The Morgan fingerprint density at radius 2 is 1.80 bits per heavy atom. The number of carboxylic acids is 1. The molecule has 0 heterocycles. The summed E-state index contributed by atoms with van der Waals surface area (Å²) in [4.78, 5) is 10.9. The Kier molecular flexibility index (Phi) is 3.35. The van der Waals surface area contributed by atoms with Gasteiger partial charge in [0.05, 0.1) is 13.0 Å². The predicted octanol–water partition coefficient (Wildman–Crippen LogP) is 2.50. The summed E-state index contributed by atoms with van der Waals surface area (Å²) in [5, 5.41) is 8.98. The molecule has 0 aromatic heterocycles. The van der Waals surface area contributed by atoms with Crippen molar-refractivity contribution in [2.75, 3.05) is 7.11 Å². The average Bonchev–Trinajstić information content (AvgIpc) is 2.16. The second kappa shape index (κ2) is 4.34. The molecule has 0 fully saturated rings. The minimum atomic E-state index is -0.800. The first-order valence-electron chi connectivity index (χ1n) is 4.85. The Balaban J connectivity index is 3.25. The molecule has 0 amide bonds. The normalized spacial score (nSPS) is 12.3. The highest BCUT2D eigenvalue weighted by atomic mass is 16.5. The third kappa shape index (κ3) is 2.29. The van der Waals surface area contributed by atoms with Crippen LogP contribution in [0.4, 0.5) is 0 Å². The minimum Gasteiger partial charge on any atom is -0.497 e. The smallest absolute Gasteiger partial charge is 0.310 e. The number of hydrogen-bond acceptors (Lipinski definition) is 2. The van der Waals surface area contributed by atoms with Crippen molar-refractivity contribution in [3.05, 3.63) is 28.8 Å². The third-order valence-electron chi connectivity index (χ3n) is 2.61. The van der Waals surface area contributed by atoms with E-state index < -0.39 is 11.9 Å². The van der Waals surface area contributed by atoms with E-state index in [2.05, 4.69) is 0 Å². The van der Waals surface area contributed by atoms with Crippen LogP contribution in [0.25, 0.3) is 0 Å². The number of aliphatic carboxylic acids is 1. The SMILES string of the molecule is COc1cc(C)c(C(C)C(=O)O)c(C)c1. The Morgan fingerprint density at radius 1 is 1.33 bits per heavy atom. The molecule has 0 aliphatic heterocycles. The number of methoxy groups -OCH3 is 1. The van der Waals surface area contributed by atoms with Gasteiger partial charge in [0, 0.05) is 0 Å². The van der Waals surface area contributed by atoms with Crippen LogP contribution >= 0.6 is 0 Å². The fourth-order valence-corrected chi connectivity index (χ4v) is 1.86. The summed E-state index contributed by atoms with van der Waals surface area (Å²) in [5.41, 5.74) is 2.80. The highest BCUT2D eigenvalue weighted by Gasteiger charge is 2.18. The number of hydrogen-bond donors (Lipinski definition) is 1. The molecule has 0 spiro atoms. The number of carbonyl (C=O) groups is 1. The summed E-state index contributed by atoms with van der Waals surface area (Å²) in [6.45, 7) is 5.51. The Morgan fingerprint density at radius 3 is 2.13 bits per heavy atom. The highest BCUT2D eigenvalue weighted by molar-refractivity contribution is 5.76. The fourth-order valence-electron chi connectivity index (χ4n) is 1.86. The van der Waals surface area contributed by atoms with Crippen LogP contribution in [0.5, 0.6) is 5.75 Å². The molecule has 0 saturated heterocycles. The Labute approximate surface area is 89.7 Å². The van der Waals surface area contributed by atoms with Gasteiger partial charge >= 0.3 is 5.97 Å². The van der Waals surface area contributed by atoms with E-state index in [0.29, 0.717) is 0 Å². The maximum Gasteiger partial charge on any atom is 0.310 e. The van der Waals surface area contributed by atoms with Crippen LogP contribution in [0.3, 0.4) is 0 Å². The lowest BCUT2D eigenvalue weighted by Gasteiger charge is -2.15. The van der Waals surface area contributed by atoms with Crippen molar-refractivity contribution >= 4 is 5.97 Å². The van der Waals surface area contributed by atoms with E-state index in [1.807, 2.05) is 26.0 Å². The predicted molar refractivity (Wildman–Crippen MR) is 58.5 cm³/mol. The average molecular weight is 208 g/mol. The van der Waals surface area contributed by atoms with Gasteiger partial charge in [-0.1, -0.05) is 0 Å². The lowest BCUT2D eigenvalue weighted by molar-refractivity contribution is -0.138. The molecule has 0 saturated carbocycles. The van der Waals surface area contributed by atoms with Crippen LogP contribution < -0.4 is 4.74 Å². The van der Waals surface area contributed by atoms with Gasteiger partial charge in [-0.3, -0.25) is 4.79 Å². The molecule has 1 aromatic carbocycles. The zero-order valence-electron chi connectivity index (χ0n) is 9.50. The van der Waals surface area contributed by atoms with Crippen LogP contribution in [0.15, 0.2) is 12.1 Å². The number of rotatable bonds is 3. The third-order valence-corrected chi connectivity index (χ3v) is 2.61. The second-order valence-electron chi connectivity index (χ2n) is 3.73. The zero-order valence-corrected chi connectivity index (χ0v) is 9.50. The second-order valence-corrected chi connectivity index (χ2v) is 3.73. The van der Waals surface area contributed by atoms with Gasteiger partial charge in [-0.2, -0.15) is 0 Å². The quantitative estimate of drug-likeness (QED) is 0.830. The van der Waals surface area contributed by atoms with Gasteiger partial charge in [-0.15, -0.1) is 0 Å². The van der Waals surface area contributed by atoms with Gasteiger partial charge in [-0.25, -0.2) is 0 Å². The van der Waals surface area contributed by atoms with Crippen molar-refractivity contribution in [1.29, 1.82) is 0 Å². The maximum absolute atomic E-state index is 10.9. The molecule has 1 N–H and O–H groups in total. The first-order valence-corrected chi connectivity index (χ1v) is 4.85. The first kappa shape index (κ1) is 11.6. The molecule has 1 aromatic rings. The fraction of sp³-hybridized carbons (Fsp3) is 0.417. The van der Waals surface area contributed by atoms with Crippen LogP contribution in [-0.4, -0.2) is 18.2 Å². The molecular weight excluding hydrogens is 192 g/mol. The van der Waals surface area contributed by atoms with E-state index >= 15 is 0 Å². The highest BCUT2D eigenvalue weighted by Crippen LogP contribution is 2.28. The van der Waals surface area contributed by atoms with Gasteiger partial charge in [-0.05, 0) is 49.6 Å². The van der Waals surface area contributed by atoms with Gasteiger partial charge in [0.1, 0.15) is 5.75 Å². The molecule has 1 rings (SSSR count). The van der Waals surface area contributed by atoms with E-state index in [0.717, 1.165) is 22.4 Å². The molecule has 82 valence electrons. The van der Waals surface area contributed by atoms with Gasteiger partial charge in [0.15, 0.2) is 0 Å². The standard InChI is InChI=1S/C12H16O3/c1-7-5-10(15-4)6-8(2)11(7)9(3)12(13)14/h5-6,9H,1-4H3,(H,13,14). The molecule has 0 radical (unpaired) electrons. The summed E-state index contributed by atoms with van der Waals surface area (Å²) < 4.78 is 5.12. The van der Waals surface area contributed by atoms with Gasteiger partial charge in [0.2, 0.25) is 0 Å². The lowest BCUT2D eigenvalue weighted by atomic mass is 9.92. The summed E-state index contributed by atoms with van der Waals surface area (Å²) in [6, 6.07) is 3.73. The molecule has 15 heavy (non-hydrogen) atoms. The van der Waals surface area contributed by atoms with Crippen LogP contribution in [-0.2, 0) is 4.79 Å². The Hall–Kier alpha value is -1.51. The number of carboxylic acid groups (broad SMARTS) is 1. The van der Waals surface area contributed by atoms with Crippen molar-refractivity contribution in [1.82, 2.24) is 0 Å². The van der Waals surface area contributed by atoms with Crippen molar-refractivity contribution in [2.45, 2.75) is 26.7 Å². The number of aryl methyl sites for hydroxylation is 2.